The Morgan fingerprint density at radius 3 is 2.53 bits per heavy atom. The summed E-state index contributed by atoms with van der Waals surface area (Å²) in [5.41, 5.74) is 2.58. The number of nitrogens with zero attached hydrogens (tertiary/aromatic N) is 1. The fraction of sp³-hybridized carbons (Fsp3) is 0. The number of hydrogen-bond donors (Lipinski definition) is 2. The Bertz CT molecular complexity index is 1280. The van der Waals surface area contributed by atoms with Crippen LogP contribution in [-0.2, 0) is 0 Å². The van der Waals surface area contributed by atoms with Crippen LogP contribution in [0.2, 0.25) is 10.0 Å². The first-order chi connectivity index (χ1) is 14.4. The van der Waals surface area contributed by atoms with Gasteiger partial charge in [0.25, 0.3) is 5.91 Å². The van der Waals surface area contributed by atoms with Gasteiger partial charge in [0.15, 0.2) is 10.7 Å². The van der Waals surface area contributed by atoms with Gasteiger partial charge in [0.1, 0.15) is 11.3 Å². The largest absolute Gasteiger partial charge is 0.436 e. The first-order valence-electron chi connectivity index (χ1n) is 8.63. The van der Waals surface area contributed by atoms with E-state index in [9.17, 15) is 9.18 Å². The molecule has 1 amide bonds. The number of halogens is 3. The standard InChI is InChI=1S/C21H12Cl2FN3O2S/c22-12-3-1-11(2-4-12)19(28)27-21(30)25-14-6-8-18-17(10-14)26-20(29-18)15-7-5-13(24)9-16(15)23/h1-10H,(H2,25,27,28,30). The van der Waals surface area contributed by atoms with E-state index in [-0.39, 0.29) is 21.9 Å². The van der Waals surface area contributed by atoms with E-state index in [1.807, 2.05) is 0 Å². The lowest BCUT2D eigenvalue weighted by Gasteiger charge is -2.09. The summed E-state index contributed by atoms with van der Waals surface area (Å²) in [6.07, 6.45) is 0. The molecule has 0 spiro atoms. The number of benzene rings is 3. The summed E-state index contributed by atoms with van der Waals surface area (Å²) in [7, 11) is 0. The topological polar surface area (TPSA) is 67.2 Å². The van der Waals surface area contributed by atoms with Crippen molar-refractivity contribution >= 4 is 63.2 Å². The number of amides is 1. The lowest BCUT2D eigenvalue weighted by molar-refractivity contribution is 0.0977. The summed E-state index contributed by atoms with van der Waals surface area (Å²) in [5, 5.41) is 6.39. The zero-order valence-electron chi connectivity index (χ0n) is 15.1. The quantitative estimate of drug-likeness (QED) is 0.364. The van der Waals surface area contributed by atoms with Crippen molar-refractivity contribution in [3.63, 3.8) is 0 Å². The minimum absolute atomic E-state index is 0.125. The van der Waals surface area contributed by atoms with Crippen LogP contribution in [0.3, 0.4) is 0 Å². The van der Waals surface area contributed by atoms with Crippen molar-refractivity contribution in [1.29, 1.82) is 0 Å². The normalized spacial score (nSPS) is 10.8. The molecule has 0 fully saturated rings. The highest BCUT2D eigenvalue weighted by atomic mass is 35.5. The number of hydrogen-bond acceptors (Lipinski definition) is 4. The number of oxazole rings is 1. The summed E-state index contributed by atoms with van der Waals surface area (Å²) < 4.78 is 19.0. The Hall–Kier alpha value is -3.00. The average molecular weight is 460 g/mol. The third kappa shape index (κ3) is 4.43. The van der Waals surface area contributed by atoms with Gasteiger partial charge in [-0.15, -0.1) is 0 Å². The van der Waals surface area contributed by atoms with E-state index in [4.69, 9.17) is 39.8 Å². The number of carbonyl (C=O) groups is 1. The Labute approximate surface area is 185 Å². The highest BCUT2D eigenvalue weighted by molar-refractivity contribution is 7.80. The highest BCUT2D eigenvalue weighted by Gasteiger charge is 2.13. The molecule has 30 heavy (non-hydrogen) atoms. The molecule has 0 aliphatic carbocycles. The number of anilines is 1. The molecule has 0 radical (unpaired) electrons. The Morgan fingerprint density at radius 2 is 1.80 bits per heavy atom. The molecule has 0 saturated heterocycles. The molecule has 4 rings (SSSR count). The predicted octanol–water partition coefficient (Wildman–Crippen LogP) is 6.07. The molecule has 150 valence electrons. The van der Waals surface area contributed by atoms with Crippen LogP contribution in [0.1, 0.15) is 10.4 Å². The van der Waals surface area contributed by atoms with Gasteiger partial charge in [-0.1, -0.05) is 23.2 Å². The molecule has 0 bridgehead atoms. The molecule has 3 aromatic carbocycles. The van der Waals surface area contributed by atoms with Crippen molar-refractivity contribution in [3.8, 4) is 11.5 Å². The molecular weight excluding hydrogens is 448 g/mol. The van der Waals surface area contributed by atoms with Crippen LogP contribution in [-0.4, -0.2) is 16.0 Å². The molecule has 0 saturated carbocycles. The summed E-state index contributed by atoms with van der Waals surface area (Å²) in [4.78, 5) is 16.6. The number of rotatable bonds is 3. The van der Waals surface area contributed by atoms with E-state index in [1.54, 1.807) is 42.5 Å². The van der Waals surface area contributed by atoms with Crippen LogP contribution in [0.25, 0.3) is 22.6 Å². The number of thiocarbonyl (C=S) groups is 1. The Balaban J connectivity index is 1.50. The summed E-state index contributed by atoms with van der Waals surface area (Å²) in [6, 6.07) is 15.6. The van der Waals surface area contributed by atoms with E-state index in [2.05, 4.69) is 15.6 Å². The molecular formula is C21H12Cl2FN3O2S. The third-order valence-electron chi connectivity index (χ3n) is 4.14. The minimum atomic E-state index is -0.444. The second-order valence-corrected chi connectivity index (χ2v) is 7.49. The molecule has 1 aromatic heterocycles. The molecule has 0 unspecified atom stereocenters. The predicted molar refractivity (Wildman–Crippen MR) is 120 cm³/mol. The van der Waals surface area contributed by atoms with E-state index in [1.165, 1.54) is 18.2 Å². The van der Waals surface area contributed by atoms with Gasteiger partial charge in [-0.2, -0.15) is 0 Å². The molecule has 9 heteroatoms. The summed E-state index contributed by atoms with van der Waals surface area (Å²) in [6.45, 7) is 0. The molecule has 5 nitrogen and oxygen atoms in total. The SMILES string of the molecule is O=C(NC(=S)Nc1ccc2oc(-c3ccc(F)cc3Cl)nc2c1)c1ccc(Cl)cc1. The molecule has 1 heterocycles. The number of carbonyl (C=O) groups excluding carboxylic acids is 1. The highest BCUT2D eigenvalue weighted by Crippen LogP contribution is 2.31. The van der Waals surface area contributed by atoms with Gasteiger partial charge in [-0.05, 0) is 72.9 Å². The first kappa shape index (κ1) is 20.3. The van der Waals surface area contributed by atoms with Crippen molar-refractivity contribution in [2.24, 2.45) is 0 Å². The smallest absolute Gasteiger partial charge is 0.257 e. The van der Waals surface area contributed by atoms with Crippen LogP contribution in [0.4, 0.5) is 10.1 Å². The zero-order valence-corrected chi connectivity index (χ0v) is 17.4. The maximum Gasteiger partial charge on any atom is 0.257 e. The fourth-order valence-electron chi connectivity index (χ4n) is 2.72. The summed E-state index contributed by atoms with van der Waals surface area (Å²) in [5.74, 6) is -0.536. The molecule has 4 aromatic rings. The monoisotopic (exact) mass is 459 g/mol. The van der Waals surface area contributed by atoms with Crippen molar-refractivity contribution in [2.45, 2.75) is 0 Å². The molecule has 2 N–H and O–H groups in total. The van der Waals surface area contributed by atoms with Crippen LogP contribution in [0.5, 0.6) is 0 Å². The lowest BCUT2D eigenvalue weighted by atomic mass is 10.2. The van der Waals surface area contributed by atoms with Gasteiger partial charge in [0.2, 0.25) is 5.89 Å². The number of aromatic nitrogens is 1. The van der Waals surface area contributed by atoms with Crippen LogP contribution < -0.4 is 10.6 Å². The second kappa shape index (κ2) is 8.39. The van der Waals surface area contributed by atoms with Gasteiger partial charge in [-0.3, -0.25) is 10.1 Å². The van der Waals surface area contributed by atoms with E-state index < -0.39 is 5.82 Å². The molecule has 0 aliphatic rings. The Kier molecular flexibility index (Phi) is 5.67. The fourth-order valence-corrected chi connectivity index (χ4v) is 3.31. The van der Waals surface area contributed by atoms with Gasteiger partial charge in [0.05, 0.1) is 10.6 Å². The second-order valence-electron chi connectivity index (χ2n) is 6.24. The maximum atomic E-state index is 13.3. The van der Waals surface area contributed by atoms with E-state index in [0.717, 1.165) is 0 Å². The lowest BCUT2D eigenvalue weighted by Crippen LogP contribution is -2.34. The van der Waals surface area contributed by atoms with Crippen molar-refractivity contribution in [3.05, 3.63) is 82.1 Å². The first-order valence-corrected chi connectivity index (χ1v) is 9.79. The van der Waals surface area contributed by atoms with Gasteiger partial charge in [0, 0.05) is 16.3 Å². The zero-order chi connectivity index (χ0) is 21.3. The van der Waals surface area contributed by atoms with Crippen molar-refractivity contribution < 1.29 is 13.6 Å². The van der Waals surface area contributed by atoms with Crippen molar-refractivity contribution in [1.82, 2.24) is 10.3 Å². The van der Waals surface area contributed by atoms with Crippen LogP contribution >= 0.6 is 35.4 Å². The summed E-state index contributed by atoms with van der Waals surface area (Å²) >= 11 is 17.1. The van der Waals surface area contributed by atoms with Gasteiger partial charge >= 0.3 is 0 Å². The maximum absolute atomic E-state index is 13.3. The van der Waals surface area contributed by atoms with E-state index >= 15 is 0 Å². The van der Waals surface area contributed by atoms with Gasteiger partial charge < -0.3 is 9.73 Å². The number of fused-ring (bicyclic) bond motifs is 1. The third-order valence-corrected chi connectivity index (χ3v) is 4.91. The average Bonchev–Trinajstić information content (AvgIpc) is 3.11. The molecule has 0 atom stereocenters. The van der Waals surface area contributed by atoms with Crippen molar-refractivity contribution in [2.75, 3.05) is 5.32 Å². The van der Waals surface area contributed by atoms with E-state index in [0.29, 0.717) is 32.9 Å². The molecule has 0 aliphatic heterocycles. The van der Waals surface area contributed by atoms with Crippen LogP contribution in [0, 0.1) is 5.82 Å². The van der Waals surface area contributed by atoms with Gasteiger partial charge in [-0.25, -0.2) is 9.37 Å². The Morgan fingerprint density at radius 1 is 1.03 bits per heavy atom. The minimum Gasteiger partial charge on any atom is -0.436 e. The van der Waals surface area contributed by atoms with Crippen LogP contribution in [0.15, 0.2) is 65.1 Å². The number of nitrogens with one attached hydrogen (secondary N) is 2.